The lowest BCUT2D eigenvalue weighted by Crippen LogP contribution is -2.47. The van der Waals surface area contributed by atoms with Crippen LogP contribution in [0.2, 0.25) is 0 Å². The van der Waals surface area contributed by atoms with E-state index in [9.17, 15) is 14.7 Å². The van der Waals surface area contributed by atoms with Crippen molar-refractivity contribution in [3.05, 3.63) is 24.2 Å². The molecule has 1 aliphatic carbocycles. The molecular weight excluding hydrogens is 272 g/mol. The maximum Gasteiger partial charge on any atom is 0.325 e. The van der Waals surface area contributed by atoms with Crippen molar-refractivity contribution in [3.8, 4) is 0 Å². The van der Waals surface area contributed by atoms with Gasteiger partial charge in [-0.25, -0.2) is 4.79 Å². The Morgan fingerprint density at radius 1 is 1.33 bits per heavy atom. The van der Waals surface area contributed by atoms with Crippen LogP contribution in [0.15, 0.2) is 22.8 Å². The maximum atomic E-state index is 12.6. The molecule has 0 unspecified atom stereocenters. The second-order valence-corrected chi connectivity index (χ2v) is 6.21. The first-order valence-corrected chi connectivity index (χ1v) is 7.35. The summed E-state index contributed by atoms with van der Waals surface area (Å²) in [7, 11) is 0. The van der Waals surface area contributed by atoms with E-state index in [1.54, 1.807) is 19.1 Å². The zero-order chi connectivity index (χ0) is 15.1. The molecule has 1 atom stereocenters. The van der Waals surface area contributed by atoms with Gasteiger partial charge in [-0.1, -0.05) is 19.3 Å². The van der Waals surface area contributed by atoms with E-state index in [1.807, 2.05) is 0 Å². The number of rotatable bonds is 3. The number of urea groups is 1. The van der Waals surface area contributed by atoms with Gasteiger partial charge in [0.05, 0.1) is 18.4 Å². The van der Waals surface area contributed by atoms with E-state index in [0.717, 1.165) is 24.2 Å². The zero-order valence-electron chi connectivity index (χ0n) is 12.1. The highest BCUT2D eigenvalue weighted by Crippen LogP contribution is 2.33. The molecule has 0 spiro atoms. The molecule has 2 fully saturated rings. The third-order valence-corrected chi connectivity index (χ3v) is 4.53. The fraction of sp³-hybridized carbons (Fsp3) is 0.600. The molecule has 2 heterocycles. The van der Waals surface area contributed by atoms with Gasteiger partial charge in [0.25, 0.3) is 5.91 Å². The minimum atomic E-state index is -1.19. The highest BCUT2D eigenvalue weighted by atomic mass is 16.3. The number of furan rings is 1. The van der Waals surface area contributed by atoms with Crippen LogP contribution in [-0.2, 0) is 10.3 Å². The minimum absolute atomic E-state index is 0.0496. The van der Waals surface area contributed by atoms with Crippen molar-refractivity contribution in [1.82, 2.24) is 10.2 Å². The number of carbonyl (C=O) groups excluding carboxylic acids is 2. The normalized spacial score (nSPS) is 28.8. The van der Waals surface area contributed by atoms with Crippen molar-refractivity contribution in [3.63, 3.8) is 0 Å². The number of imide groups is 1. The number of carbonyl (C=O) groups is 2. The van der Waals surface area contributed by atoms with Crippen LogP contribution in [0.5, 0.6) is 0 Å². The number of amides is 3. The molecule has 1 saturated carbocycles. The van der Waals surface area contributed by atoms with Gasteiger partial charge in [0.15, 0.2) is 5.54 Å². The van der Waals surface area contributed by atoms with Gasteiger partial charge >= 0.3 is 6.03 Å². The summed E-state index contributed by atoms with van der Waals surface area (Å²) >= 11 is 0. The van der Waals surface area contributed by atoms with Crippen LogP contribution in [-0.4, -0.2) is 34.1 Å². The van der Waals surface area contributed by atoms with E-state index < -0.39 is 17.2 Å². The molecule has 3 amide bonds. The molecule has 1 aromatic heterocycles. The molecule has 3 rings (SSSR count). The van der Waals surface area contributed by atoms with Gasteiger partial charge in [0.1, 0.15) is 5.76 Å². The number of hydrogen-bond acceptors (Lipinski definition) is 4. The minimum Gasteiger partial charge on any atom is -0.466 e. The summed E-state index contributed by atoms with van der Waals surface area (Å²) in [5, 5.41) is 13.2. The van der Waals surface area contributed by atoms with Gasteiger partial charge in [-0.05, 0) is 31.9 Å². The average molecular weight is 292 g/mol. The standard InChI is InChI=1S/C15H20N2O4/c1-14(11-6-5-9-21-11)12(18)17(13(19)16-14)10-15(20)7-3-2-4-8-15/h5-6,9,20H,2-4,7-8,10H2,1H3,(H,16,19)/t14-/m1/s1. The van der Waals surface area contributed by atoms with Crippen LogP contribution in [0, 0.1) is 0 Å². The maximum absolute atomic E-state index is 12.6. The van der Waals surface area contributed by atoms with Crippen LogP contribution < -0.4 is 5.32 Å². The summed E-state index contributed by atoms with van der Waals surface area (Å²) in [6.45, 7) is 1.67. The Morgan fingerprint density at radius 2 is 2.05 bits per heavy atom. The molecule has 6 heteroatoms. The summed E-state index contributed by atoms with van der Waals surface area (Å²) in [6.07, 6.45) is 5.66. The second-order valence-electron chi connectivity index (χ2n) is 6.21. The summed E-state index contributed by atoms with van der Waals surface area (Å²) in [6, 6.07) is 2.87. The molecule has 6 nitrogen and oxygen atoms in total. The first-order valence-electron chi connectivity index (χ1n) is 7.35. The Morgan fingerprint density at radius 3 is 2.67 bits per heavy atom. The summed E-state index contributed by atoms with van der Waals surface area (Å²) in [5.41, 5.74) is -2.15. The third-order valence-electron chi connectivity index (χ3n) is 4.53. The lowest BCUT2D eigenvalue weighted by atomic mass is 9.84. The van der Waals surface area contributed by atoms with E-state index >= 15 is 0 Å². The summed E-state index contributed by atoms with van der Waals surface area (Å²) in [5.74, 6) is 0.0282. The molecule has 1 saturated heterocycles. The van der Waals surface area contributed by atoms with Gasteiger partial charge in [-0.3, -0.25) is 9.69 Å². The fourth-order valence-corrected chi connectivity index (χ4v) is 3.23. The molecule has 1 aliphatic heterocycles. The molecule has 21 heavy (non-hydrogen) atoms. The quantitative estimate of drug-likeness (QED) is 0.831. The topological polar surface area (TPSA) is 82.8 Å². The van der Waals surface area contributed by atoms with Gasteiger partial charge < -0.3 is 14.8 Å². The molecule has 0 aromatic carbocycles. The molecule has 0 radical (unpaired) electrons. The second kappa shape index (κ2) is 4.87. The van der Waals surface area contributed by atoms with E-state index in [-0.39, 0.29) is 12.5 Å². The number of β-amino-alcohol motifs (C(OH)–C–C–N with tert-alkyl or cyclic N) is 1. The van der Waals surface area contributed by atoms with E-state index in [0.29, 0.717) is 18.6 Å². The monoisotopic (exact) mass is 292 g/mol. The molecule has 2 aliphatic rings. The number of nitrogens with one attached hydrogen (secondary N) is 1. The van der Waals surface area contributed by atoms with Crippen molar-refractivity contribution in [2.45, 2.75) is 50.2 Å². The first kappa shape index (κ1) is 14.1. The zero-order valence-corrected chi connectivity index (χ0v) is 12.1. The molecule has 1 aromatic rings. The van der Waals surface area contributed by atoms with Crippen LogP contribution in [0.1, 0.15) is 44.8 Å². The Hall–Kier alpha value is -1.82. The van der Waals surface area contributed by atoms with Crippen LogP contribution >= 0.6 is 0 Å². The number of nitrogens with zero attached hydrogens (tertiary/aromatic N) is 1. The highest BCUT2D eigenvalue weighted by Gasteiger charge is 2.52. The Balaban J connectivity index is 1.81. The number of aliphatic hydroxyl groups is 1. The van der Waals surface area contributed by atoms with Crippen LogP contribution in [0.4, 0.5) is 4.79 Å². The van der Waals surface area contributed by atoms with Gasteiger partial charge in [0.2, 0.25) is 0 Å². The first-order chi connectivity index (χ1) is 9.95. The van der Waals surface area contributed by atoms with Crippen molar-refractivity contribution >= 4 is 11.9 Å². The van der Waals surface area contributed by atoms with E-state index in [4.69, 9.17) is 4.42 Å². The van der Waals surface area contributed by atoms with Crippen molar-refractivity contribution in [1.29, 1.82) is 0 Å². The lowest BCUT2D eigenvalue weighted by molar-refractivity contribution is -0.134. The van der Waals surface area contributed by atoms with E-state index in [1.165, 1.54) is 6.26 Å². The SMILES string of the molecule is C[C@]1(c2ccco2)NC(=O)N(CC2(O)CCCCC2)C1=O. The Labute approximate surface area is 123 Å². The molecule has 114 valence electrons. The molecule has 0 bridgehead atoms. The molecular formula is C15H20N2O4. The fourth-order valence-electron chi connectivity index (χ4n) is 3.23. The smallest absolute Gasteiger partial charge is 0.325 e. The van der Waals surface area contributed by atoms with Gasteiger partial charge in [0, 0.05) is 0 Å². The van der Waals surface area contributed by atoms with Crippen molar-refractivity contribution in [2.24, 2.45) is 0 Å². The predicted octanol–water partition coefficient (Wildman–Crippen LogP) is 1.74. The Bertz CT molecular complexity index is 548. The number of hydrogen-bond donors (Lipinski definition) is 2. The van der Waals surface area contributed by atoms with Crippen LogP contribution in [0.3, 0.4) is 0 Å². The average Bonchev–Trinajstić information content (AvgIpc) is 3.05. The summed E-state index contributed by atoms with van der Waals surface area (Å²) in [4.78, 5) is 25.9. The van der Waals surface area contributed by atoms with Gasteiger partial charge in [-0.2, -0.15) is 0 Å². The predicted molar refractivity (Wildman–Crippen MR) is 74.3 cm³/mol. The van der Waals surface area contributed by atoms with Crippen molar-refractivity contribution in [2.75, 3.05) is 6.54 Å². The molecule has 2 N–H and O–H groups in total. The van der Waals surface area contributed by atoms with Crippen molar-refractivity contribution < 1.29 is 19.1 Å². The largest absolute Gasteiger partial charge is 0.466 e. The summed E-state index contributed by atoms with van der Waals surface area (Å²) < 4.78 is 5.28. The lowest BCUT2D eigenvalue weighted by Gasteiger charge is -2.34. The van der Waals surface area contributed by atoms with Gasteiger partial charge in [-0.15, -0.1) is 0 Å². The Kier molecular flexibility index (Phi) is 3.28. The van der Waals surface area contributed by atoms with Crippen LogP contribution in [0.25, 0.3) is 0 Å². The van der Waals surface area contributed by atoms with E-state index in [2.05, 4.69) is 5.32 Å². The highest BCUT2D eigenvalue weighted by molar-refractivity contribution is 6.06. The third kappa shape index (κ3) is 2.33.